The van der Waals surface area contributed by atoms with Crippen molar-refractivity contribution >= 4 is 17.5 Å². The summed E-state index contributed by atoms with van der Waals surface area (Å²) in [6.07, 6.45) is 1.40. The third-order valence-electron chi connectivity index (χ3n) is 3.86. The number of ether oxygens (including phenoxy) is 1. The predicted octanol–water partition coefficient (Wildman–Crippen LogP) is 2.55. The van der Waals surface area contributed by atoms with Crippen LogP contribution in [-0.4, -0.2) is 31.6 Å². The summed E-state index contributed by atoms with van der Waals surface area (Å²) in [5.74, 6) is 0.487. The zero-order valence-electron chi connectivity index (χ0n) is 13.8. The number of benzene rings is 2. The van der Waals surface area contributed by atoms with E-state index in [0.717, 1.165) is 17.9 Å². The number of rotatable bonds is 7. The highest BCUT2D eigenvalue weighted by molar-refractivity contribution is 5.98. The van der Waals surface area contributed by atoms with Crippen molar-refractivity contribution in [2.75, 3.05) is 24.7 Å². The molecule has 0 atom stereocenters. The smallest absolute Gasteiger partial charge is 0.274 e. The second kappa shape index (κ2) is 8.30. The molecule has 1 saturated heterocycles. The highest BCUT2D eigenvalue weighted by Crippen LogP contribution is 2.22. The molecule has 0 radical (unpaired) electrons. The van der Waals surface area contributed by atoms with Crippen LogP contribution in [-0.2, 0) is 9.63 Å². The van der Waals surface area contributed by atoms with E-state index in [-0.39, 0.29) is 18.4 Å². The minimum Gasteiger partial charge on any atom is -0.491 e. The lowest BCUT2D eigenvalue weighted by Crippen LogP contribution is -2.27. The fourth-order valence-electron chi connectivity index (χ4n) is 2.63. The summed E-state index contributed by atoms with van der Waals surface area (Å²) >= 11 is 0. The van der Waals surface area contributed by atoms with Crippen molar-refractivity contribution in [1.82, 2.24) is 5.48 Å². The van der Waals surface area contributed by atoms with Crippen molar-refractivity contribution in [3.8, 4) is 5.75 Å². The summed E-state index contributed by atoms with van der Waals surface area (Å²) in [7, 11) is 0. The van der Waals surface area contributed by atoms with E-state index in [1.165, 1.54) is 0 Å². The van der Waals surface area contributed by atoms with Crippen LogP contribution in [0.3, 0.4) is 0 Å². The monoisotopic (exact) mass is 340 g/mol. The molecule has 25 heavy (non-hydrogen) atoms. The molecule has 2 amide bonds. The van der Waals surface area contributed by atoms with Gasteiger partial charge in [-0.05, 0) is 36.8 Å². The predicted molar refractivity (Wildman–Crippen MR) is 93.4 cm³/mol. The Kier molecular flexibility index (Phi) is 5.64. The topological polar surface area (TPSA) is 67.9 Å². The Hall–Kier alpha value is -2.86. The number of hydrogen-bond donors (Lipinski definition) is 1. The van der Waals surface area contributed by atoms with Crippen molar-refractivity contribution in [1.29, 1.82) is 0 Å². The Bertz CT molecular complexity index is 733. The molecule has 0 aliphatic carbocycles. The van der Waals surface area contributed by atoms with Crippen LogP contribution < -0.4 is 15.1 Å². The summed E-state index contributed by atoms with van der Waals surface area (Å²) in [4.78, 5) is 30.8. The maximum atomic E-state index is 12.1. The average molecular weight is 340 g/mol. The van der Waals surface area contributed by atoms with Crippen molar-refractivity contribution in [2.45, 2.75) is 12.8 Å². The fourth-order valence-corrected chi connectivity index (χ4v) is 2.63. The first-order chi connectivity index (χ1) is 12.2. The summed E-state index contributed by atoms with van der Waals surface area (Å²) < 4.78 is 5.47. The number of carbonyl (C=O) groups is 2. The first-order valence-electron chi connectivity index (χ1n) is 8.24. The van der Waals surface area contributed by atoms with Crippen molar-refractivity contribution in [3.63, 3.8) is 0 Å². The number of para-hydroxylation sites is 1. The highest BCUT2D eigenvalue weighted by Gasteiger charge is 2.22. The van der Waals surface area contributed by atoms with E-state index in [4.69, 9.17) is 9.57 Å². The van der Waals surface area contributed by atoms with Gasteiger partial charge in [0.25, 0.3) is 5.91 Å². The molecule has 1 fully saturated rings. The van der Waals surface area contributed by atoms with Crippen LogP contribution in [0, 0.1) is 0 Å². The van der Waals surface area contributed by atoms with Gasteiger partial charge in [0.2, 0.25) is 5.91 Å². The van der Waals surface area contributed by atoms with Gasteiger partial charge in [-0.2, -0.15) is 0 Å². The van der Waals surface area contributed by atoms with Gasteiger partial charge < -0.3 is 9.64 Å². The van der Waals surface area contributed by atoms with Crippen molar-refractivity contribution in [2.24, 2.45) is 0 Å². The minimum absolute atomic E-state index is 0.0897. The van der Waals surface area contributed by atoms with Gasteiger partial charge in [0.15, 0.2) is 0 Å². The molecule has 2 aromatic rings. The maximum Gasteiger partial charge on any atom is 0.274 e. The van der Waals surface area contributed by atoms with Crippen LogP contribution in [0.15, 0.2) is 54.6 Å². The Morgan fingerprint density at radius 3 is 2.68 bits per heavy atom. The average Bonchev–Trinajstić information content (AvgIpc) is 3.08. The Labute approximate surface area is 146 Å². The first-order valence-corrected chi connectivity index (χ1v) is 8.24. The second-order valence-corrected chi connectivity index (χ2v) is 5.64. The number of nitrogens with zero attached hydrogens (tertiary/aromatic N) is 1. The highest BCUT2D eigenvalue weighted by atomic mass is 16.7. The van der Waals surface area contributed by atoms with Crippen LogP contribution in [0.5, 0.6) is 5.75 Å². The number of nitrogens with one attached hydrogen (secondary N) is 1. The van der Waals surface area contributed by atoms with Crippen LogP contribution in [0.4, 0.5) is 5.69 Å². The summed E-state index contributed by atoms with van der Waals surface area (Å²) in [6, 6.07) is 16.3. The van der Waals surface area contributed by atoms with Gasteiger partial charge in [0.1, 0.15) is 19.0 Å². The van der Waals surface area contributed by atoms with E-state index in [1.54, 1.807) is 23.1 Å². The summed E-state index contributed by atoms with van der Waals surface area (Å²) in [5, 5.41) is 0. The molecule has 130 valence electrons. The first kappa shape index (κ1) is 17.0. The largest absolute Gasteiger partial charge is 0.491 e. The van der Waals surface area contributed by atoms with Gasteiger partial charge in [-0.1, -0.05) is 24.3 Å². The van der Waals surface area contributed by atoms with E-state index in [1.807, 2.05) is 36.4 Å². The van der Waals surface area contributed by atoms with Gasteiger partial charge in [0, 0.05) is 24.2 Å². The molecule has 1 heterocycles. The molecular formula is C19H20N2O4. The van der Waals surface area contributed by atoms with Crippen LogP contribution >= 0.6 is 0 Å². The quantitative estimate of drug-likeness (QED) is 0.621. The third kappa shape index (κ3) is 4.58. The number of hydrogen-bond acceptors (Lipinski definition) is 4. The molecule has 1 aliphatic heterocycles. The fraction of sp³-hybridized carbons (Fsp3) is 0.263. The number of carbonyl (C=O) groups excluding carboxylic acids is 2. The minimum atomic E-state index is -0.354. The number of anilines is 1. The lowest BCUT2D eigenvalue weighted by Gasteiger charge is -2.16. The Balaban J connectivity index is 1.46. The van der Waals surface area contributed by atoms with Gasteiger partial charge in [-0.15, -0.1) is 0 Å². The van der Waals surface area contributed by atoms with Gasteiger partial charge in [0.05, 0.1) is 0 Å². The molecule has 0 spiro atoms. The van der Waals surface area contributed by atoms with Gasteiger partial charge in [-0.3, -0.25) is 14.4 Å². The zero-order chi connectivity index (χ0) is 17.5. The Morgan fingerprint density at radius 2 is 1.92 bits per heavy atom. The van der Waals surface area contributed by atoms with Crippen molar-refractivity contribution in [3.05, 3.63) is 60.2 Å². The molecule has 1 aliphatic rings. The molecule has 0 unspecified atom stereocenters. The molecule has 1 N–H and O–H groups in total. The molecule has 3 rings (SSSR count). The summed E-state index contributed by atoms with van der Waals surface area (Å²) in [5.41, 5.74) is 3.58. The van der Waals surface area contributed by atoms with Crippen molar-refractivity contribution < 1.29 is 19.2 Å². The molecule has 2 aromatic carbocycles. The van der Waals surface area contributed by atoms with Crippen LogP contribution in [0.2, 0.25) is 0 Å². The number of amides is 2. The normalized spacial score (nSPS) is 13.8. The molecule has 0 saturated carbocycles. The lowest BCUT2D eigenvalue weighted by atomic mass is 10.2. The van der Waals surface area contributed by atoms with E-state index < -0.39 is 0 Å². The Morgan fingerprint density at radius 1 is 1.08 bits per heavy atom. The summed E-state index contributed by atoms with van der Waals surface area (Å²) in [6.45, 7) is 1.24. The van der Waals surface area contributed by atoms with E-state index >= 15 is 0 Å². The molecular weight excluding hydrogens is 320 g/mol. The van der Waals surface area contributed by atoms with Gasteiger partial charge >= 0.3 is 0 Å². The standard InChI is InChI=1S/C19H20N2O4/c22-18-10-5-11-21(18)16-7-4-6-15(14-16)19(23)20-25-13-12-24-17-8-2-1-3-9-17/h1-4,6-9,14H,5,10-13H2,(H,20,23). The molecule has 6 heteroatoms. The van der Waals surface area contributed by atoms with Crippen LogP contribution in [0.25, 0.3) is 0 Å². The van der Waals surface area contributed by atoms with Crippen LogP contribution in [0.1, 0.15) is 23.2 Å². The van der Waals surface area contributed by atoms with E-state index in [2.05, 4.69) is 5.48 Å². The molecule has 0 bridgehead atoms. The maximum absolute atomic E-state index is 12.1. The third-order valence-corrected chi connectivity index (χ3v) is 3.86. The molecule has 6 nitrogen and oxygen atoms in total. The second-order valence-electron chi connectivity index (χ2n) is 5.64. The lowest BCUT2D eigenvalue weighted by molar-refractivity contribution is -0.117. The SMILES string of the molecule is O=C(NOCCOc1ccccc1)c1cccc(N2CCCC2=O)c1. The number of hydroxylamine groups is 1. The molecule has 0 aromatic heterocycles. The van der Waals surface area contributed by atoms with E-state index in [0.29, 0.717) is 25.1 Å². The van der Waals surface area contributed by atoms with Gasteiger partial charge in [-0.25, -0.2) is 5.48 Å². The zero-order valence-corrected chi connectivity index (χ0v) is 13.8. The van der Waals surface area contributed by atoms with E-state index in [9.17, 15) is 9.59 Å².